The molecule has 1 rings (SSSR count). The van der Waals surface area contributed by atoms with E-state index in [1.165, 1.54) is 0 Å². The lowest BCUT2D eigenvalue weighted by atomic mass is 10.2. The van der Waals surface area contributed by atoms with E-state index in [1.54, 1.807) is 0 Å². The Morgan fingerprint density at radius 2 is 2.18 bits per heavy atom. The molecule has 0 amide bonds. The molecule has 0 saturated heterocycles. The third-order valence-corrected chi connectivity index (χ3v) is 2.17. The highest BCUT2D eigenvalue weighted by molar-refractivity contribution is 9.08. The molecule has 0 fully saturated rings. The molecule has 1 N–H and O–H groups in total. The summed E-state index contributed by atoms with van der Waals surface area (Å²) in [4.78, 5) is 12.3. The summed E-state index contributed by atoms with van der Waals surface area (Å²) in [6.07, 6.45) is -5.01. The smallest absolute Gasteiger partial charge is 0.501 e. The second kappa shape index (κ2) is 4.73. The summed E-state index contributed by atoms with van der Waals surface area (Å²) in [6, 6.07) is 0.755. The average Bonchev–Trinajstić information content (AvgIpc) is 2.17. The number of hydrogen-bond acceptors (Lipinski definition) is 5. The molecule has 94 valence electrons. The van der Waals surface area contributed by atoms with Gasteiger partial charge in [0.25, 0.3) is 0 Å². The summed E-state index contributed by atoms with van der Waals surface area (Å²) < 4.78 is 39.2. The molecule has 0 spiro atoms. The van der Waals surface area contributed by atoms with E-state index in [1.807, 2.05) is 0 Å². The number of aromatic hydroxyl groups is 1. The van der Waals surface area contributed by atoms with Gasteiger partial charge in [0.2, 0.25) is 5.75 Å². The number of hydrogen-bond donors (Lipinski definition) is 1. The van der Waals surface area contributed by atoms with E-state index < -0.39 is 28.7 Å². The van der Waals surface area contributed by atoms with Crippen molar-refractivity contribution >= 4 is 21.7 Å². The summed E-state index contributed by atoms with van der Waals surface area (Å²) >= 11 is 2.86. The highest BCUT2D eigenvalue weighted by atomic mass is 79.9. The van der Waals surface area contributed by atoms with Gasteiger partial charge in [-0.3, -0.25) is 0 Å². The van der Waals surface area contributed by atoms with Gasteiger partial charge >= 0.3 is 18.1 Å². The van der Waals surface area contributed by atoms with Crippen molar-refractivity contribution in [1.29, 1.82) is 0 Å². The Morgan fingerprint density at radius 1 is 1.59 bits per heavy atom. The van der Waals surface area contributed by atoms with Gasteiger partial charge in [0.05, 0.1) is 0 Å². The van der Waals surface area contributed by atoms with E-state index in [4.69, 9.17) is 0 Å². The molecule has 0 atom stereocenters. The second-order valence-corrected chi connectivity index (χ2v) is 3.29. The van der Waals surface area contributed by atoms with E-state index in [2.05, 4.69) is 25.7 Å². The molecule has 0 aromatic carbocycles. The van der Waals surface area contributed by atoms with Gasteiger partial charge in [-0.1, -0.05) is 15.9 Å². The fourth-order valence-electron chi connectivity index (χ4n) is 0.951. The lowest BCUT2D eigenvalue weighted by Crippen LogP contribution is -2.18. The van der Waals surface area contributed by atoms with E-state index in [0.717, 1.165) is 6.07 Å². The van der Waals surface area contributed by atoms with Crippen molar-refractivity contribution in [2.45, 2.75) is 11.7 Å². The molecular formula is C7H4BrF3N2O4. The van der Waals surface area contributed by atoms with Gasteiger partial charge in [0.1, 0.15) is 0 Å². The summed E-state index contributed by atoms with van der Waals surface area (Å²) in [5.74, 6) is -2.90. The summed E-state index contributed by atoms with van der Waals surface area (Å²) in [6.45, 7) is 0. The molecule has 0 aliphatic heterocycles. The van der Waals surface area contributed by atoms with Crippen molar-refractivity contribution in [3.05, 3.63) is 21.7 Å². The molecule has 0 unspecified atom stereocenters. The van der Waals surface area contributed by atoms with Crippen LogP contribution in [0.1, 0.15) is 5.56 Å². The zero-order valence-electron chi connectivity index (χ0n) is 7.86. The van der Waals surface area contributed by atoms with Crippen molar-refractivity contribution in [3.8, 4) is 11.6 Å². The van der Waals surface area contributed by atoms with Crippen LogP contribution in [0.5, 0.6) is 11.6 Å². The molecule has 1 heterocycles. The van der Waals surface area contributed by atoms with E-state index in [0.29, 0.717) is 0 Å². The van der Waals surface area contributed by atoms with Crippen LogP contribution < -0.4 is 4.74 Å². The molecule has 0 radical (unpaired) electrons. The van der Waals surface area contributed by atoms with Gasteiger partial charge in [-0.15, -0.1) is 13.2 Å². The van der Waals surface area contributed by atoms with Gasteiger partial charge in [0, 0.05) is 21.9 Å². The number of rotatable bonds is 3. The van der Waals surface area contributed by atoms with Gasteiger partial charge in [-0.2, -0.15) is 0 Å². The molecule has 17 heavy (non-hydrogen) atoms. The van der Waals surface area contributed by atoms with Crippen LogP contribution in [0.15, 0.2) is 6.07 Å². The minimum atomic E-state index is -5.01. The van der Waals surface area contributed by atoms with Crippen LogP contribution in [0, 0.1) is 10.1 Å². The molecule has 0 aliphatic rings. The minimum absolute atomic E-state index is 0.0869. The van der Waals surface area contributed by atoms with E-state index in [9.17, 15) is 28.4 Å². The topological polar surface area (TPSA) is 85.5 Å². The Bertz CT molecular complexity index is 451. The number of pyridine rings is 1. The third-order valence-electron chi connectivity index (χ3n) is 1.57. The molecular weight excluding hydrogens is 313 g/mol. The number of aromatic nitrogens is 1. The van der Waals surface area contributed by atoms with Crippen LogP contribution in [-0.4, -0.2) is 21.4 Å². The summed E-state index contributed by atoms with van der Waals surface area (Å²) in [5, 5.41) is 19.7. The largest absolute Gasteiger partial charge is 0.575 e. The summed E-state index contributed by atoms with van der Waals surface area (Å²) in [7, 11) is 0. The van der Waals surface area contributed by atoms with Crippen molar-refractivity contribution in [1.82, 2.24) is 4.98 Å². The van der Waals surface area contributed by atoms with E-state index >= 15 is 0 Å². The van der Waals surface area contributed by atoms with Crippen molar-refractivity contribution in [2.24, 2.45) is 0 Å². The zero-order chi connectivity index (χ0) is 13.2. The monoisotopic (exact) mass is 316 g/mol. The molecule has 1 aromatic rings. The Morgan fingerprint density at radius 3 is 2.59 bits per heavy atom. The van der Waals surface area contributed by atoms with Crippen LogP contribution in [-0.2, 0) is 5.33 Å². The Kier molecular flexibility index (Phi) is 3.76. The quantitative estimate of drug-likeness (QED) is 0.526. The SMILES string of the molecule is O=[N+]([O-])c1nc(OC(F)(F)F)cc(CBr)c1O. The molecule has 1 aromatic heterocycles. The predicted molar refractivity (Wildman–Crippen MR) is 51.9 cm³/mol. The summed E-state index contributed by atoms with van der Waals surface area (Å²) in [5.41, 5.74) is -0.133. The van der Waals surface area contributed by atoms with Crippen molar-refractivity contribution in [3.63, 3.8) is 0 Å². The van der Waals surface area contributed by atoms with Crippen molar-refractivity contribution in [2.75, 3.05) is 0 Å². The number of alkyl halides is 4. The van der Waals surface area contributed by atoms with Crippen LogP contribution in [0.2, 0.25) is 0 Å². The van der Waals surface area contributed by atoms with Gasteiger partial charge in [-0.25, -0.2) is 0 Å². The maximum atomic E-state index is 11.9. The van der Waals surface area contributed by atoms with Crippen LogP contribution >= 0.6 is 15.9 Å². The lowest BCUT2D eigenvalue weighted by Gasteiger charge is -2.07. The second-order valence-electron chi connectivity index (χ2n) is 2.73. The molecule has 0 bridgehead atoms. The first-order valence-electron chi connectivity index (χ1n) is 3.93. The standard InChI is InChI=1S/C7H4BrF3N2O4/c8-2-3-1-4(17-7(9,10)11)12-6(5(3)14)13(15)16/h1,14H,2H2. The zero-order valence-corrected chi connectivity index (χ0v) is 9.45. The molecule has 10 heteroatoms. The lowest BCUT2D eigenvalue weighted by molar-refractivity contribution is -0.391. The predicted octanol–water partition coefficient (Wildman–Crippen LogP) is 2.49. The van der Waals surface area contributed by atoms with Gasteiger partial charge in [-0.05, 0) is 4.92 Å². The first-order chi connectivity index (χ1) is 7.74. The van der Waals surface area contributed by atoms with Gasteiger partial charge in [0.15, 0.2) is 0 Å². The van der Waals surface area contributed by atoms with Crippen molar-refractivity contribution < 1.29 is 27.9 Å². The van der Waals surface area contributed by atoms with Crippen LogP contribution in [0.25, 0.3) is 0 Å². The molecule has 6 nitrogen and oxygen atoms in total. The first-order valence-corrected chi connectivity index (χ1v) is 5.05. The maximum Gasteiger partial charge on any atom is 0.575 e. The maximum absolute atomic E-state index is 11.9. The number of ether oxygens (including phenoxy) is 1. The fourth-order valence-corrected chi connectivity index (χ4v) is 1.38. The van der Waals surface area contributed by atoms with Crippen LogP contribution in [0.4, 0.5) is 19.0 Å². The third kappa shape index (κ3) is 3.44. The highest BCUT2D eigenvalue weighted by Gasteiger charge is 2.35. The van der Waals surface area contributed by atoms with Gasteiger partial charge < -0.3 is 20.0 Å². The highest BCUT2D eigenvalue weighted by Crippen LogP contribution is 2.34. The number of nitrogens with zero attached hydrogens (tertiary/aromatic N) is 2. The van der Waals surface area contributed by atoms with Crippen LogP contribution in [0.3, 0.4) is 0 Å². The first kappa shape index (κ1) is 13.5. The Balaban J connectivity index is 3.25. The fraction of sp³-hybridized carbons (Fsp3) is 0.286. The number of halogens is 4. The number of nitro groups is 1. The molecule has 0 aliphatic carbocycles. The Hall–Kier alpha value is -1.58. The molecule has 0 saturated carbocycles. The Labute approximate surface area is 100 Å². The normalized spacial score (nSPS) is 11.3. The van der Waals surface area contributed by atoms with E-state index in [-0.39, 0.29) is 10.9 Å². The average molecular weight is 317 g/mol. The minimum Gasteiger partial charge on any atom is -0.501 e.